The minimum Gasteiger partial charge on any atom is -0.805 e. The van der Waals surface area contributed by atoms with E-state index >= 15 is 0 Å². The predicted octanol–water partition coefficient (Wildman–Crippen LogP) is 3.01. The molecule has 128 valence electrons. The molecule has 1 aliphatic rings. The monoisotopic (exact) mass is 330 g/mol. The zero-order valence-corrected chi connectivity index (χ0v) is 14.4. The summed E-state index contributed by atoms with van der Waals surface area (Å²) in [6, 6.07) is 0. The average molecular weight is 330 g/mol. The predicted molar refractivity (Wildman–Crippen MR) is 93.1 cm³/mol. The third-order valence-electron chi connectivity index (χ3n) is 4.95. The normalized spacial score (nSPS) is 14.7. The molecule has 2 aromatic rings. The highest BCUT2D eigenvalue weighted by atomic mass is 16.5. The summed E-state index contributed by atoms with van der Waals surface area (Å²) >= 11 is 0. The summed E-state index contributed by atoms with van der Waals surface area (Å²) in [5, 5.41) is 39.2. The number of aryl methyl sites for hydroxylation is 2. The van der Waals surface area contributed by atoms with Crippen LogP contribution in [-0.2, 0) is 0 Å². The molecule has 0 spiro atoms. The number of nitrogens with zero attached hydrogens (tertiary/aromatic N) is 4. The third-order valence-corrected chi connectivity index (χ3v) is 4.95. The number of anilines is 2. The molecule has 2 heterocycles. The van der Waals surface area contributed by atoms with Gasteiger partial charge in [0.15, 0.2) is 0 Å². The molecular formula is C16H18N4O4-2. The molecule has 0 bridgehead atoms. The summed E-state index contributed by atoms with van der Waals surface area (Å²) in [7, 11) is 0. The Morgan fingerprint density at radius 3 is 1.75 bits per heavy atom. The van der Waals surface area contributed by atoms with Crippen LogP contribution in [0.4, 0.5) is 11.4 Å². The zero-order chi connectivity index (χ0) is 18.1. The highest BCUT2D eigenvalue weighted by Gasteiger charge is 2.29. The van der Waals surface area contributed by atoms with Crippen molar-refractivity contribution >= 4 is 22.4 Å². The average Bonchev–Trinajstić information content (AvgIpc) is 2.55. The van der Waals surface area contributed by atoms with Crippen molar-refractivity contribution in [3.8, 4) is 0 Å². The molecule has 0 atom stereocenters. The Morgan fingerprint density at radius 1 is 0.792 bits per heavy atom. The summed E-state index contributed by atoms with van der Waals surface area (Å²) in [6.45, 7) is 9.36. The van der Waals surface area contributed by atoms with Gasteiger partial charge in [0.2, 0.25) is 0 Å². The Labute approximate surface area is 138 Å². The Kier molecular flexibility index (Phi) is 3.36. The molecule has 3 rings (SSSR count). The molecular weight excluding hydrogens is 312 g/mol. The molecule has 1 aromatic heterocycles. The van der Waals surface area contributed by atoms with E-state index in [1.165, 1.54) is 0 Å². The summed E-state index contributed by atoms with van der Waals surface area (Å²) in [6.07, 6.45) is 0. The van der Waals surface area contributed by atoms with Gasteiger partial charge in [-0.2, -0.15) is 0 Å². The van der Waals surface area contributed by atoms with Crippen LogP contribution in [0.5, 0.6) is 0 Å². The van der Waals surface area contributed by atoms with Crippen LogP contribution >= 0.6 is 0 Å². The van der Waals surface area contributed by atoms with Crippen molar-refractivity contribution < 1.29 is 4.43 Å². The van der Waals surface area contributed by atoms with Crippen molar-refractivity contribution in [2.75, 3.05) is 10.1 Å². The van der Waals surface area contributed by atoms with E-state index in [-0.39, 0.29) is 45.2 Å². The third kappa shape index (κ3) is 1.75. The maximum Gasteiger partial charge on any atom is 0.291 e. The second-order valence-electron chi connectivity index (χ2n) is 6.16. The lowest BCUT2D eigenvalue weighted by atomic mass is 10.0. The summed E-state index contributed by atoms with van der Waals surface area (Å²) in [5.74, 6) is 0. The fraction of sp³-hybridized carbons (Fsp3) is 0.375. The maximum atomic E-state index is 12.6. The first kappa shape index (κ1) is 16.3. The molecule has 1 aromatic carbocycles. The van der Waals surface area contributed by atoms with Gasteiger partial charge >= 0.3 is 0 Å². The molecule has 0 radical (unpaired) electrons. The smallest absolute Gasteiger partial charge is 0.291 e. The van der Waals surface area contributed by atoms with Crippen molar-refractivity contribution in [2.45, 2.75) is 41.5 Å². The van der Waals surface area contributed by atoms with Gasteiger partial charge in [-0.25, -0.2) is 0 Å². The van der Waals surface area contributed by atoms with Gasteiger partial charge < -0.3 is 30.5 Å². The van der Waals surface area contributed by atoms with Gasteiger partial charge in [-0.15, -0.1) is 0 Å². The van der Waals surface area contributed by atoms with E-state index in [4.69, 9.17) is 0 Å². The molecule has 8 nitrogen and oxygen atoms in total. The van der Waals surface area contributed by atoms with Crippen molar-refractivity contribution in [1.82, 2.24) is 4.73 Å². The van der Waals surface area contributed by atoms with Crippen LogP contribution in [0.25, 0.3) is 11.0 Å². The lowest BCUT2D eigenvalue weighted by molar-refractivity contribution is -0.473. The van der Waals surface area contributed by atoms with E-state index in [0.717, 1.165) is 0 Å². The van der Waals surface area contributed by atoms with Crippen molar-refractivity contribution in [2.24, 2.45) is 0 Å². The Bertz CT molecular complexity index is 990. The van der Waals surface area contributed by atoms with Crippen LogP contribution in [0.2, 0.25) is 0 Å². The highest BCUT2D eigenvalue weighted by molar-refractivity contribution is 5.98. The zero-order valence-electron chi connectivity index (χ0n) is 14.4. The molecule has 8 heteroatoms. The van der Waals surface area contributed by atoms with Crippen molar-refractivity contribution in [3.05, 3.63) is 54.4 Å². The van der Waals surface area contributed by atoms with Crippen LogP contribution in [0.3, 0.4) is 0 Å². The number of fused-ring (bicyclic) bond motifs is 2. The molecule has 1 aliphatic heterocycles. The highest BCUT2D eigenvalue weighted by Crippen LogP contribution is 2.46. The Balaban J connectivity index is 2.63. The molecule has 0 N–H and O–H groups in total. The second-order valence-corrected chi connectivity index (χ2v) is 6.16. The molecule has 24 heavy (non-hydrogen) atoms. The van der Waals surface area contributed by atoms with Crippen LogP contribution in [0, 0.1) is 48.2 Å². The largest absolute Gasteiger partial charge is 0.805 e. The lowest BCUT2D eigenvalue weighted by Gasteiger charge is -2.48. The van der Waals surface area contributed by atoms with Gasteiger partial charge in [0.25, 0.3) is 11.2 Å². The molecule has 0 amide bonds. The number of hydroxylamine groups is 2. The molecule has 0 unspecified atom stereocenters. The first-order valence-corrected chi connectivity index (χ1v) is 7.52. The first-order valence-electron chi connectivity index (χ1n) is 7.52. The molecule has 0 aliphatic carbocycles. The Morgan fingerprint density at radius 2 is 1.25 bits per heavy atom. The molecule has 0 fully saturated rings. The van der Waals surface area contributed by atoms with E-state index in [2.05, 4.69) is 0 Å². The van der Waals surface area contributed by atoms with Crippen LogP contribution in [0.1, 0.15) is 36.4 Å². The Hall–Kier alpha value is -2.58. The first-order chi connectivity index (χ1) is 11.1. The maximum absolute atomic E-state index is 12.6. The van der Waals surface area contributed by atoms with Crippen molar-refractivity contribution in [1.29, 1.82) is 0 Å². The van der Waals surface area contributed by atoms with E-state index in [0.29, 0.717) is 30.4 Å². The van der Waals surface area contributed by atoms with Crippen LogP contribution < -0.4 is 14.6 Å². The van der Waals surface area contributed by atoms with Gasteiger partial charge in [-0.05, 0) is 34.6 Å². The van der Waals surface area contributed by atoms with Gasteiger partial charge in [-0.1, -0.05) is 0 Å². The SMILES string of the molecule is CC1=C(C)N([O-])c2c(c(C)c3c(c2C)[n+](=O)c(C)c(C)n3[O-])N1[O-]. The number of rotatable bonds is 0. The lowest BCUT2D eigenvalue weighted by Crippen LogP contribution is -2.32. The van der Waals surface area contributed by atoms with Gasteiger partial charge in [0.1, 0.15) is 5.52 Å². The molecule has 0 saturated carbocycles. The second kappa shape index (κ2) is 4.96. The van der Waals surface area contributed by atoms with E-state index < -0.39 is 0 Å². The summed E-state index contributed by atoms with van der Waals surface area (Å²) < 4.78 is 1.32. The van der Waals surface area contributed by atoms with E-state index in [1.54, 1.807) is 41.5 Å². The minimum absolute atomic E-state index is 0.117. The van der Waals surface area contributed by atoms with Gasteiger partial charge in [0, 0.05) is 28.8 Å². The van der Waals surface area contributed by atoms with Crippen molar-refractivity contribution in [3.63, 3.8) is 0 Å². The number of benzene rings is 1. The number of hydrogen-bond donors (Lipinski definition) is 0. The van der Waals surface area contributed by atoms with Gasteiger partial charge in [-0.3, -0.25) is 0 Å². The summed E-state index contributed by atoms with van der Waals surface area (Å²) in [5.41, 5.74) is 2.14. The fourth-order valence-electron chi connectivity index (χ4n) is 3.19. The topological polar surface area (TPSA) is 104 Å². The standard InChI is InChI=1S/C16H18N4O4/c1-7-13-15(19(23)11(5)9(3)17(13)21)8(2)16-14(7)18(22)10(4)12(6)20(16)24/h1-6H3/q-2. The van der Waals surface area contributed by atoms with E-state index in [9.17, 15) is 20.5 Å². The van der Waals surface area contributed by atoms with E-state index in [1.807, 2.05) is 0 Å². The van der Waals surface area contributed by atoms with Crippen LogP contribution in [-0.4, -0.2) is 4.73 Å². The minimum atomic E-state index is 0.117. The summed E-state index contributed by atoms with van der Waals surface area (Å²) in [4.78, 5) is 12.6. The molecule has 0 saturated heterocycles. The number of hydrogen-bond acceptors (Lipinski definition) is 6. The quantitative estimate of drug-likeness (QED) is 0.688. The number of allylic oxidation sites excluding steroid dienone is 2. The fourth-order valence-corrected chi connectivity index (χ4v) is 3.19. The van der Waals surface area contributed by atoms with Crippen LogP contribution in [0.15, 0.2) is 11.4 Å². The number of aromatic nitrogens is 2. The van der Waals surface area contributed by atoms with Gasteiger partial charge in [0.05, 0.1) is 27.1 Å².